The Morgan fingerprint density at radius 2 is 2.03 bits per heavy atom. The van der Waals surface area contributed by atoms with E-state index in [1.807, 2.05) is 31.2 Å². The van der Waals surface area contributed by atoms with Gasteiger partial charge in [0.1, 0.15) is 11.3 Å². The highest BCUT2D eigenvalue weighted by molar-refractivity contribution is 5.99. The van der Waals surface area contributed by atoms with E-state index in [0.717, 1.165) is 22.2 Å². The van der Waals surface area contributed by atoms with Crippen LogP contribution in [-0.4, -0.2) is 50.3 Å². The van der Waals surface area contributed by atoms with Crippen LogP contribution in [0.5, 0.6) is 0 Å². The minimum absolute atomic E-state index is 0.186. The predicted molar refractivity (Wildman–Crippen MR) is 111 cm³/mol. The quantitative estimate of drug-likeness (QED) is 0.687. The fraction of sp³-hybridized carbons (Fsp3) is 0.409. The molecule has 1 aliphatic heterocycles. The summed E-state index contributed by atoms with van der Waals surface area (Å²) in [6, 6.07) is 7.58. The Labute approximate surface area is 174 Å². The molecule has 8 heteroatoms. The molecule has 0 bridgehead atoms. The van der Waals surface area contributed by atoms with Crippen LogP contribution in [-0.2, 0) is 20.0 Å². The zero-order valence-corrected chi connectivity index (χ0v) is 17.7. The molecule has 1 aliphatic rings. The van der Waals surface area contributed by atoms with Gasteiger partial charge in [-0.25, -0.2) is 0 Å². The molecule has 0 fully saturated rings. The maximum absolute atomic E-state index is 13.2. The van der Waals surface area contributed by atoms with Gasteiger partial charge in [-0.2, -0.15) is 5.10 Å². The van der Waals surface area contributed by atoms with Crippen molar-refractivity contribution >= 4 is 22.8 Å². The normalized spacial score (nSPS) is 14.1. The van der Waals surface area contributed by atoms with Crippen molar-refractivity contribution in [1.82, 2.24) is 20.0 Å². The number of para-hydroxylation sites is 1. The molecule has 158 valence electrons. The number of benzene rings is 1. The Bertz CT molecular complexity index is 1140. The van der Waals surface area contributed by atoms with E-state index in [-0.39, 0.29) is 25.0 Å². The zero-order chi connectivity index (χ0) is 21.6. The molecule has 0 spiro atoms. The van der Waals surface area contributed by atoms with Crippen molar-refractivity contribution in [2.75, 3.05) is 13.2 Å². The average molecular weight is 410 g/mol. The first-order valence-electron chi connectivity index (χ1n) is 9.97. The smallest absolute Gasteiger partial charge is 0.290 e. The fourth-order valence-electron chi connectivity index (χ4n) is 3.89. The van der Waals surface area contributed by atoms with Gasteiger partial charge in [0.25, 0.3) is 11.8 Å². The Kier molecular flexibility index (Phi) is 4.89. The van der Waals surface area contributed by atoms with E-state index in [0.29, 0.717) is 30.0 Å². The number of aliphatic hydroxyl groups is 1. The number of aliphatic hydroxyl groups excluding tert-OH is 1. The number of hydrogen-bond acceptors (Lipinski definition) is 5. The molecule has 2 aromatic heterocycles. The third kappa shape index (κ3) is 3.37. The molecule has 1 aromatic carbocycles. The first-order valence-corrected chi connectivity index (χ1v) is 9.97. The molecule has 0 radical (unpaired) electrons. The average Bonchev–Trinajstić information content (AvgIpc) is 3.23. The van der Waals surface area contributed by atoms with E-state index in [9.17, 15) is 14.7 Å². The summed E-state index contributed by atoms with van der Waals surface area (Å²) in [5.41, 5.74) is 2.69. The van der Waals surface area contributed by atoms with Gasteiger partial charge in [-0.1, -0.05) is 18.2 Å². The molecule has 3 aromatic rings. The Morgan fingerprint density at radius 3 is 2.73 bits per heavy atom. The van der Waals surface area contributed by atoms with Crippen LogP contribution in [0.4, 0.5) is 0 Å². The number of rotatable bonds is 4. The molecule has 8 nitrogen and oxygen atoms in total. The first-order chi connectivity index (χ1) is 14.2. The third-order valence-electron chi connectivity index (χ3n) is 5.58. The lowest BCUT2D eigenvalue weighted by Gasteiger charge is -2.27. The molecule has 0 saturated heterocycles. The molecular weight excluding hydrogens is 384 g/mol. The van der Waals surface area contributed by atoms with Gasteiger partial charge in [0.15, 0.2) is 5.76 Å². The number of carbonyl (C=O) groups is 2. The van der Waals surface area contributed by atoms with Gasteiger partial charge in [0.2, 0.25) is 0 Å². The highest BCUT2D eigenvalue weighted by atomic mass is 16.3. The highest BCUT2D eigenvalue weighted by Crippen LogP contribution is 2.29. The summed E-state index contributed by atoms with van der Waals surface area (Å²) in [6.45, 7) is 5.97. The molecular formula is C22H26N4O4. The topological polar surface area (TPSA) is 101 Å². The van der Waals surface area contributed by atoms with Crippen LogP contribution < -0.4 is 5.32 Å². The van der Waals surface area contributed by atoms with Crippen LogP contribution in [0, 0.1) is 6.92 Å². The molecule has 2 amide bonds. The number of amides is 2. The second-order valence-corrected chi connectivity index (χ2v) is 8.42. The molecule has 3 heterocycles. The summed E-state index contributed by atoms with van der Waals surface area (Å²) in [6.07, 6.45) is 0.560. The molecule has 0 aliphatic carbocycles. The van der Waals surface area contributed by atoms with Gasteiger partial charge < -0.3 is 19.7 Å². The maximum atomic E-state index is 13.2. The lowest BCUT2D eigenvalue weighted by atomic mass is 10.0. The van der Waals surface area contributed by atoms with Crippen LogP contribution in [0.1, 0.15) is 51.7 Å². The molecule has 0 saturated carbocycles. The SMILES string of the molecule is Cc1c(C(=O)N2CCc3nn(C)c(C(=O)NC(C)(C)CO)c3C2)oc2ccccc12. The highest BCUT2D eigenvalue weighted by Gasteiger charge is 2.33. The lowest BCUT2D eigenvalue weighted by Crippen LogP contribution is -2.47. The van der Waals surface area contributed by atoms with Crippen LogP contribution in [0.25, 0.3) is 11.0 Å². The minimum atomic E-state index is -0.760. The van der Waals surface area contributed by atoms with E-state index < -0.39 is 5.54 Å². The van der Waals surface area contributed by atoms with Crippen LogP contribution in [0.15, 0.2) is 28.7 Å². The van der Waals surface area contributed by atoms with E-state index in [4.69, 9.17) is 4.42 Å². The Balaban J connectivity index is 1.63. The van der Waals surface area contributed by atoms with Crippen LogP contribution in [0.2, 0.25) is 0 Å². The van der Waals surface area contributed by atoms with Crippen molar-refractivity contribution in [3.8, 4) is 0 Å². The van der Waals surface area contributed by atoms with Crippen LogP contribution in [0.3, 0.4) is 0 Å². The first kappa shape index (κ1) is 20.2. The summed E-state index contributed by atoms with van der Waals surface area (Å²) in [7, 11) is 1.72. The second kappa shape index (κ2) is 7.28. The molecule has 0 unspecified atom stereocenters. The molecule has 2 N–H and O–H groups in total. The van der Waals surface area contributed by atoms with E-state index in [1.54, 1.807) is 30.5 Å². The molecule has 30 heavy (non-hydrogen) atoms. The van der Waals surface area contributed by atoms with Crippen LogP contribution >= 0.6 is 0 Å². The summed E-state index contributed by atoms with van der Waals surface area (Å²) in [5.74, 6) is -0.185. The van der Waals surface area contributed by atoms with E-state index in [2.05, 4.69) is 10.4 Å². The maximum Gasteiger partial charge on any atom is 0.290 e. The third-order valence-corrected chi connectivity index (χ3v) is 5.58. The summed E-state index contributed by atoms with van der Waals surface area (Å²) < 4.78 is 7.40. The van der Waals surface area contributed by atoms with E-state index in [1.165, 1.54) is 0 Å². The number of nitrogens with zero attached hydrogens (tertiary/aromatic N) is 3. The number of fused-ring (bicyclic) bond motifs is 2. The van der Waals surface area contributed by atoms with Gasteiger partial charge >= 0.3 is 0 Å². The van der Waals surface area contributed by atoms with Gasteiger partial charge in [-0.05, 0) is 26.8 Å². The zero-order valence-electron chi connectivity index (χ0n) is 17.7. The van der Waals surface area contributed by atoms with Crippen molar-refractivity contribution in [2.24, 2.45) is 7.05 Å². The largest absolute Gasteiger partial charge is 0.451 e. The minimum Gasteiger partial charge on any atom is -0.451 e. The second-order valence-electron chi connectivity index (χ2n) is 8.42. The van der Waals surface area contributed by atoms with Crippen molar-refractivity contribution in [3.63, 3.8) is 0 Å². The van der Waals surface area contributed by atoms with Gasteiger partial charge in [-0.3, -0.25) is 14.3 Å². The van der Waals surface area contributed by atoms with Crippen molar-refractivity contribution in [2.45, 2.75) is 39.3 Å². The Morgan fingerprint density at radius 1 is 1.30 bits per heavy atom. The lowest BCUT2D eigenvalue weighted by molar-refractivity contribution is 0.0699. The number of aryl methyl sites for hydroxylation is 2. The number of hydrogen-bond donors (Lipinski definition) is 2. The molecule has 4 rings (SSSR count). The summed E-state index contributed by atoms with van der Waals surface area (Å²) in [5, 5.41) is 17.7. The fourth-order valence-corrected chi connectivity index (χ4v) is 3.89. The van der Waals surface area contributed by atoms with Gasteiger partial charge in [0.05, 0.1) is 24.4 Å². The van der Waals surface area contributed by atoms with Crippen molar-refractivity contribution in [1.29, 1.82) is 0 Å². The standard InChI is InChI=1S/C22H26N4O4/c1-13-14-7-5-6-8-17(14)30-19(13)21(29)26-10-9-16-15(11-26)18(25(4)24-16)20(28)23-22(2,3)12-27/h5-8,27H,9-12H2,1-4H3,(H,23,28). The number of carbonyl (C=O) groups excluding carboxylic acids is 2. The number of nitrogens with one attached hydrogen (secondary N) is 1. The van der Waals surface area contributed by atoms with Crippen molar-refractivity contribution in [3.05, 3.63) is 52.5 Å². The van der Waals surface area contributed by atoms with Crippen molar-refractivity contribution < 1.29 is 19.1 Å². The van der Waals surface area contributed by atoms with Gasteiger partial charge in [0, 0.05) is 36.5 Å². The monoisotopic (exact) mass is 410 g/mol. The van der Waals surface area contributed by atoms with E-state index >= 15 is 0 Å². The van der Waals surface area contributed by atoms with Gasteiger partial charge in [-0.15, -0.1) is 0 Å². The number of aromatic nitrogens is 2. The number of furan rings is 1. The summed E-state index contributed by atoms with van der Waals surface area (Å²) >= 11 is 0. The predicted octanol–water partition coefficient (Wildman–Crippen LogP) is 2.17. The Hall–Kier alpha value is -3.13. The summed E-state index contributed by atoms with van der Waals surface area (Å²) in [4.78, 5) is 27.8. The molecule has 0 atom stereocenters.